The van der Waals surface area contributed by atoms with Crippen LogP contribution in [0.2, 0.25) is 0 Å². The molecular formula is C26H42F3N3O6. The van der Waals surface area contributed by atoms with Gasteiger partial charge in [0.2, 0.25) is 5.60 Å². The predicted molar refractivity (Wildman–Crippen MR) is 137 cm³/mol. The van der Waals surface area contributed by atoms with Gasteiger partial charge < -0.3 is 35.7 Å². The Morgan fingerprint density at radius 1 is 1.05 bits per heavy atom. The number of carbonyl (C=O) groups excluding carboxylic acids is 2. The highest BCUT2D eigenvalue weighted by Gasteiger charge is 2.57. The second-order valence-corrected chi connectivity index (χ2v) is 9.67. The molecule has 0 aliphatic rings. The van der Waals surface area contributed by atoms with Crippen molar-refractivity contribution in [1.29, 1.82) is 0 Å². The molecule has 1 aromatic carbocycles. The molecular weight excluding hydrogens is 507 g/mol. The number of aliphatic hydroxyl groups is 1. The van der Waals surface area contributed by atoms with Crippen molar-refractivity contribution in [2.24, 2.45) is 17.6 Å². The smallest absolute Gasteiger partial charge is 0.426 e. The fraction of sp³-hybridized carbons (Fsp3) is 0.692. The summed E-state index contributed by atoms with van der Waals surface area (Å²) in [5.74, 6) is -1.37. The van der Waals surface area contributed by atoms with E-state index in [1.165, 1.54) is 0 Å². The van der Waals surface area contributed by atoms with Gasteiger partial charge in [-0.15, -0.1) is 0 Å². The topological polar surface area (TPSA) is 132 Å². The van der Waals surface area contributed by atoms with Gasteiger partial charge in [0.25, 0.3) is 11.8 Å². The molecule has 0 spiro atoms. The third-order valence-corrected chi connectivity index (χ3v) is 6.52. The van der Waals surface area contributed by atoms with Crippen LogP contribution in [0.15, 0.2) is 24.3 Å². The van der Waals surface area contributed by atoms with Crippen LogP contribution >= 0.6 is 0 Å². The summed E-state index contributed by atoms with van der Waals surface area (Å²) in [5.41, 5.74) is 3.44. The number of nitrogens with two attached hydrogens (primary N) is 1. The van der Waals surface area contributed by atoms with Crippen molar-refractivity contribution in [1.82, 2.24) is 10.6 Å². The number of benzene rings is 1. The van der Waals surface area contributed by atoms with E-state index in [0.29, 0.717) is 31.5 Å². The number of halogens is 3. The molecule has 0 saturated heterocycles. The predicted octanol–water partition coefficient (Wildman–Crippen LogP) is 2.66. The molecule has 5 N–H and O–H groups in total. The van der Waals surface area contributed by atoms with E-state index in [-0.39, 0.29) is 30.7 Å². The number of ether oxygens (including phenoxy) is 3. The van der Waals surface area contributed by atoms with Crippen LogP contribution in [0.1, 0.15) is 50.4 Å². The van der Waals surface area contributed by atoms with E-state index >= 15 is 0 Å². The normalized spacial score (nSPS) is 15.9. The van der Waals surface area contributed by atoms with Crippen LogP contribution in [0.4, 0.5) is 13.2 Å². The fourth-order valence-electron chi connectivity index (χ4n) is 3.58. The van der Waals surface area contributed by atoms with Gasteiger partial charge in [0.1, 0.15) is 5.75 Å². The van der Waals surface area contributed by atoms with Gasteiger partial charge in [0, 0.05) is 40.0 Å². The van der Waals surface area contributed by atoms with Gasteiger partial charge in [-0.05, 0) is 50.2 Å². The third kappa shape index (κ3) is 10.0. The van der Waals surface area contributed by atoms with Gasteiger partial charge in [-0.1, -0.05) is 26.0 Å². The maximum absolute atomic E-state index is 13.2. The summed E-state index contributed by atoms with van der Waals surface area (Å²) in [7, 11) is 2.41. The molecule has 0 aliphatic heterocycles. The zero-order valence-corrected chi connectivity index (χ0v) is 22.8. The van der Waals surface area contributed by atoms with E-state index in [1.807, 2.05) is 13.8 Å². The minimum absolute atomic E-state index is 0.0671. The quantitative estimate of drug-likeness (QED) is 0.220. The Balaban J connectivity index is 2.68. The molecule has 38 heavy (non-hydrogen) atoms. The van der Waals surface area contributed by atoms with Gasteiger partial charge in [0.15, 0.2) is 0 Å². The molecule has 0 fully saturated rings. The van der Waals surface area contributed by atoms with Crippen molar-refractivity contribution in [2.75, 3.05) is 40.5 Å². The summed E-state index contributed by atoms with van der Waals surface area (Å²) in [4.78, 5) is 25.0. The largest absolute Gasteiger partial charge is 0.493 e. The third-order valence-electron chi connectivity index (χ3n) is 6.52. The number of aliphatic hydroxyl groups excluding tert-OH is 1. The van der Waals surface area contributed by atoms with Gasteiger partial charge >= 0.3 is 6.18 Å². The van der Waals surface area contributed by atoms with Crippen molar-refractivity contribution in [2.45, 2.75) is 64.0 Å². The second-order valence-electron chi connectivity index (χ2n) is 9.67. The lowest BCUT2D eigenvalue weighted by Crippen LogP contribution is -2.58. The Bertz CT molecular complexity index is 871. The standard InChI is InChI=1S/C26H42F3N3O6/c1-17(2)18(14-20(30)21(33)16-32-24(35)25(3,37-5)26(27,28)29)15-31-23(34)19-10-6-7-11-22(19)38-13-9-8-12-36-4/h6-7,10-11,17-18,20-21,33H,8-9,12-16,30H2,1-5H3,(H,31,34)(H,32,35)/t18?,20?,21?,25-/m0/s1. The highest BCUT2D eigenvalue weighted by Crippen LogP contribution is 2.33. The number of hydrogen-bond acceptors (Lipinski definition) is 7. The van der Waals surface area contributed by atoms with Crippen molar-refractivity contribution in [3.63, 3.8) is 0 Å². The summed E-state index contributed by atoms with van der Waals surface area (Å²) in [6.07, 6.45) is -4.37. The number of nitrogens with one attached hydrogen (secondary N) is 2. The van der Waals surface area contributed by atoms with Crippen LogP contribution in [0.5, 0.6) is 5.75 Å². The molecule has 0 heterocycles. The van der Waals surface area contributed by atoms with Crippen LogP contribution in [-0.2, 0) is 14.3 Å². The first-order valence-electron chi connectivity index (χ1n) is 12.6. The van der Waals surface area contributed by atoms with E-state index in [0.717, 1.165) is 20.0 Å². The maximum Gasteiger partial charge on any atom is 0.426 e. The molecule has 0 bridgehead atoms. The first-order valence-corrected chi connectivity index (χ1v) is 12.6. The Morgan fingerprint density at radius 2 is 1.68 bits per heavy atom. The molecule has 1 rings (SSSR count). The molecule has 4 atom stereocenters. The molecule has 0 saturated carbocycles. The molecule has 1 aromatic rings. The summed E-state index contributed by atoms with van der Waals surface area (Å²) in [6.45, 7) is 5.31. The van der Waals surface area contributed by atoms with Gasteiger partial charge in [-0.3, -0.25) is 9.59 Å². The van der Waals surface area contributed by atoms with E-state index in [1.54, 1.807) is 31.4 Å². The van der Waals surface area contributed by atoms with Crippen molar-refractivity contribution in [3.8, 4) is 5.75 Å². The van der Waals surface area contributed by atoms with Crippen LogP contribution in [0.25, 0.3) is 0 Å². The number of methoxy groups -OCH3 is 2. The van der Waals surface area contributed by atoms with Gasteiger partial charge in [0.05, 0.1) is 18.3 Å². The molecule has 0 aliphatic carbocycles. The number of para-hydroxylation sites is 1. The summed E-state index contributed by atoms with van der Waals surface area (Å²) >= 11 is 0. The Hall–Kier alpha value is -2.41. The average Bonchev–Trinajstić information content (AvgIpc) is 2.87. The molecule has 0 radical (unpaired) electrons. The molecule has 9 nitrogen and oxygen atoms in total. The van der Waals surface area contributed by atoms with Crippen LogP contribution in [-0.4, -0.2) is 81.4 Å². The fourth-order valence-corrected chi connectivity index (χ4v) is 3.58. The van der Waals surface area contributed by atoms with E-state index < -0.39 is 36.4 Å². The van der Waals surface area contributed by atoms with Crippen LogP contribution < -0.4 is 21.1 Å². The summed E-state index contributed by atoms with van der Waals surface area (Å²) in [5, 5.41) is 15.3. The second kappa shape index (κ2) is 15.9. The Morgan fingerprint density at radius 3 is 2.26 bits per heavy atom. The van der Waals surface area contributed by atoms with Gasteiger partial charge in [-0.2, -0.15) is 13.2 Å². The number of hydrogen-bond donors (Lipinski definition) is 4. The molecule has 218 valence electrons. The monoisotopic (exact) mass is 549 g/mol. The van der Waals surface area contributed by atoms with Crippen LogP contribution in [0.3, 0.4) is 0 Å². The van der Waals surface area contributed by atoms with Crippen molar-refractivity contribution >= 4 is 11.8 Å². The number of unbranched alkanes of at least 4 members (excludes halogenated alkanes) is 1. The first-order chi connectivity index (χ1) is 17.8. The molecule has 0 aromatic heterocycles. The minimum Gasteiger partial charge on any atom is -0.493 e. The van der Waals surface area contributed by atoms with Gasteiger partial charge in [-0.25, -0.2) is 0 Å². The molecule has 2 amide bonds. The zero-order valence-electron chi connectivity index (χ0n) is 22.8. The van der Waals surface area contributed by atoms with E-state index in [9.17, 15) is 27.9 Å². The molecule has 12 heteroatoms. The maximum atomic E-state index is 13.2. The Kier molecular flexibility index (Phi) is 14.0. The number of carbonyl (C=O) groups is 2. The Labute approximate surface area is 222 Å². The summed E-state index contributed by atoms with van der Waals surface area (Å²) in [6, 6.07) is 6.04. The number of amides is 2. The lowest BCUT2D eigenvalue weighted by molar-refractivity contribution is -0.253. The van der Waals surface area contributed by atoms with E-state index in [4.69, 9.17) is 15.2 Å². The highest BCUT2D eigenvalue weighted by molar-refractivity contribution is 5.96. The SMILES string of the molecule is COCCCCOc1ccccc1C(=O)NCC(CC(N)C(O)CNC(=O)[C@](C)(OC)C(F)(F)F)C(C)C. The lowest BCUT2D eigenvalue weighted by atomic mass is 9.87. The molecule has 3 unspecified atom stereocenters. The van der Waals surface area contributed by atoms with E-state index in [2.05, 4.69) is 15.4 Å². The van der Waals surface area contributed by atoms with Crippen molar-refractivity contribution in [3.05, 3.63) is 29.8 Å². The van der Waals surface area contributed by atoms with Crippen molar-refractivity contribution < 1.29 is 42.1 Å². The summed E-state index contributed by atoms with van der Waals surface area (Å²) < 4.78 is 54.7. The zero-order chi connectivity index (χ0) is 28.9. The lowest BCUT2D eigenvalue weighted by Gasteiger charge is -2.31. The van der Waals surface area contributed by atoms with Crippen LogP contribution in [0, 0.1) is 11.8 Å². The minimum atomic E-state index is -4.94. The average molecular weight is 550 g/mol. The highest BCUT2D eigenvalue weighted by atomic mass is 19.4. The first kappa shape index (κ1) is 33.6. The number of rotatable bonds is 17. The number of alkyl halides is 3.